The summed E-state index contributed by atoms with van der Waals surface area (Å²) in [5.74, 6) is 2.18. The molecule has 4 rings (SSSR count). The molecule has 4 heterocycles. The first-order chi connectivity index (χ1) is 13.6. The van der Waals surface area contributed by atoms with E-state index in [0.717, 1.165) is 42.5 Å². The minimum absolute atomic E-state index is 0.456. The SMILES string of the molecule is Cc1cccnc1Nc1cccc([C@@H]2CCCN(Cc3cnn(C)c3C)C2)n1. The summed E-state index contributed by atoms with van der Waals surface area (Å²) in [7, 11) is 2.00. The van der Waals surface area contributed by atoms with E-state index in [-0.39, 0.29) is 0 Å². The minimum atomic E-state index is 0.456. The molecule has 1 aliphatic heterocycles. The van der Waals surface area contributed by atoms with Crippen molar-refractivity contribution in [1.82, 2.24) is 24.6 Å². The fourth-order valence-corrected chi connectivity index (χ4v) is 3.87. The van der Waals surface area contributed by atoms with Crippen LogP contribution in [0.5, 0.6) is 0 Å². The van der Waals surface area contributed by atoms with Crippen molar-refractivity contribution in [2.24, 2.45) is 7.05 Å². The van der Waals surface area contributed by atoms with Gasteiger partial charge in [0.05, 0.1) is 6.20 Å². The average Bonchev–Trinajstić information content (AvgIpc) is 3.02. The lowest BCUT2D eigenvalue weighted by Crippen LogP contribution is -2.34. The van der Waals surface area contributed by atoms with E-state index in [4.69, 9.17) is 4.98 Å². The maximum Gasteiger partial charge on any atom is 0.134 e. The van der Waals surface area contributed by atoms with E-state index in [1.165, 1.54) is 24.1 Å². The van der Waals surface area contributed by atoms with Crippen molar-refractivity contribution in [3.63, 3.8) is 0 Å². The van der Waals surface area contributed by atoms with Crippen molar-refractivity contribution in [1.29, 1.82) is 0 Å². The molecule has 1 aliphatic rings. The quantitative estimate of drug-likeness (QED) is 0.731. The standard InChI is InChI=1S/C22H28N6/c1-16-7-5-11-23-22(16)26-21-10-4-9-20(25-21)18-8-6-12-28(14-18)15-19-13-24-27(3)17(19)2/h4-5,7,9-11,13,18H,6,8,12,14-15H2,1-3H3,(H,23,25,26)/t18-/m1/s1. The molecule has 0 aliphatic carbocycles. The van der Waals surface area contributed by atoms with Crippen LogP contribution in [0.2, 0.25) is 0 Å². The molecule has 28 heavy (non-hydrogen) atoms. The second kappa shape index (κ2) is 8.10. The maximum atomic E-state index is 4.90. The monoisotopic (exact) mass is 376 g/mol. The predicted octanol–water partition coefficient (Wildman–Crippen LogP) is 3.95. The maximum absolute atomic E-state index is 4.90. The van der Waals surface area contributed by atoms with E-state index in [1.54, 1.807) is 6.20 Å². The van der Waals surface area contributed by atoms with E-state index in [9.17, 15) is 0 Å². The average molecular weight is 377 g/mol. The molecule has 6 nitrogen and oxygen atoms in total. The van der Waals surface area contributed by atoms with Gasteiger partial charge in [0.1, 0.15) is 11.6 Å². The molecule has 0 radical (unpaired) electrons. The van der Waals surface area contributed by atoms with Gasteiger partial charge in [-0.2, -0.15) is 5.10 Å². The number of piperidine rings is 1. The summed E-state index contributed by atoms with van der Waals surface area (Å²) in [4.78, 5) is 11.8. The van der Waals surface area contributed by atoms with Crippen molar-refractivity contribution in [3.05, 3.63) is 65.2 Å². The van der Waals surface area contributed by atoms with Gasteiger partial charge < -0.3 is 5.32 Å². The van der Waals surface area contributed by atoms with Gasteiger partial charge in [0.2, 0.25) is 0 Å². The third kappa shape index (κ3) is 4.07. The van der Waals surface area contributed by atoms with Gasteiger partial charge in [-0.1, -0.05) is 12.1 Å². The van der Waals surface area contributed by atoms with Crippen LogP contribution in [-0.2, 0) is 13.6 Å². The van der Waals surface area contributed by atoms with Crippen LogP contribution >= 0.6 is 0 Å². The molecular weight excluding hydrogens is 348 g/mol. The Kier molecular flexibility index (Phi) is 5.39. The van der Waals surface area contributed by atoms with Crippen molar-refractivity contribution < 1.29 is 0 Å². The highest BCUT2D eigenvalue weighted by Crippen LogP contribution is 2.28. The van der Waals surface area contributed by atoms with E-state index < -0.39 is 0 Å². The normalized spacial score (nSPS) is 17.6. The van der Waals surface area contributed by atoms with Gasteiger partial charge in [-0.25, -0.2) is 9.97 Å². The van der Waals surface area contributed by atoms with Gasteiger partial charge >= 0.3 is 0 Å². The van der Waals surface area contributed by atoms with Crippen LogP contribution in [0.3, 0.4) is 0 Å². The number of aryl methyl sites for hydroxylation is 2. The van der Waals surface area contributed by atoms with Gasteiger partial charge in [-0.05, 0) is 57.0 Å². The highest BCUT2D eigenvalue weighted by atomic mass is 15.3. The van der Waals surface area contributed by atoms with Gasteiger partial charge in [-0.15, -0.1) is 0 Å². The molecule has 3 aromatic heterocycles. The summed E-state index contributed by atoms with van der Waals surface area (Å²) in [6.07, 6.45) is 6.18. The second-order valence-electron chi connectivity index (χ2n) is 7.69. The summed E-state index contributed by atoms with van der Waals surface area (Å²) < 4.78 is 1.95. The first-order valence-electron chi connectivity index (χ1n) is 9.95. The highest BCUT2D eigenvalue weighted by Gasteiger charge is 2.23. The summed E-state index contributed by atoms with van der Waals surface area (Å²) in [6, 6.07) is 10.3. The van der Waals surface area contributed by atoms with Crippen LogP contribution in [0, 0.1) is 13.8 Å². The molecule has 146 valence electrons. The van der Waals surface area contributed by atoms with Crippen molar-refractivity contribution in [2.45, 2.75) is 39.2 Å². The highest BCUT2D eigenvalue weighted by molar-refractivity contribution is 5.55. The Bertz CT molecular complexity index is 948. The Balaban J connectivity index is 1.46. The van der Waals surface area contributed by atoms with Crippen molar-refractivity contribution in [2.75, 3.05) is 18.4 Å². The molecule has 1 atom stereocenters. The van der Waals surface area contributed by atoms with E-state index >= 15 is 0 Å². The van der Waals surface area contributed by atoms with E-state index in [2.05, 4.69) is 52.3 Å². The van der Waals surface area contributed by atoms with Crippen LogP contribution in [0.1, 0.15) is 41.3 Å². The lowest BCUT2D eigenvalue weighted by molar-refractivity contribution is 0.198. The number of hydrogen-bond donors (Lipinski definition) is 1. The molecular formula is C22H28N6. The largest absolute Gasteiger partial charge is 0.325 e. The van der Waals surface area contributed by atoms with E-state index in [0.29, 0.717) is 5.92 Å². The fraction of sp³-hybridized carbons (Fsp3) is 0.409. The molecule has 0 bridgehead atoms. The molecule has 0 saturated carbocycles. The molecule has 1 N–H and O–H groups in total. The van der Waals surface area contributed by atoms with Crippen molar-refractivity contribution >= 4 is 11.6 Å². The van der Waals surface area contributed by atoms with E-state index in [1.807, 2.05) is 30.1 Å². The summed E-state index contributed by atoms with van der Waals surface area (Å²) in [5, 5.41) is 7.75. The Hall–Kier alpha value is -2.73. The Morgan fingerprint density at radius 1 is 1.18 bits per heavy atom. The number of likely N-dealkylation sites (tertiary alicyclic amines) is 1. The molecule has 0 spiro atoms. The molecule has 1 fully saturated rings. The van der Waals surface area contributed by atoms with Crippen molar-refractivity contribution in [3.8, 4) is 0 Å². The van der Waals surface area contributed by atoms with Crippen LogP contribution in [0.15, 0.2) is 42.7 Å². The number of nitrogens with one attached hydrogen (secondary N) is 1. The number of hydrogen-bond acceptors (Lipinski definition) is 5. The van der Waals surface area contributed by atoms with Crippen LogP contribution in [-0.4, -0.2) is 37.7 Å². The fourth-order valence-electron chi connectivity index (χ4n) is 3.87. The summed E-state index contributed by atoms with van der Waals surface area (Å²) >= 11 is 0. The summed E-state index contributed by atoms with van der Waals surface area (Å²) in [6.45, 7) is 7.32. The zero-order valence-electron chi connectivity index (χ0n) is 16.9. The zero-order chi connectivity index (χ0) is 19.5. The number of pyridine rings is 2. The third-order valence-electron chi connectivity index (χ3n) is 5.68. The molecule has 0 aromatic carbocycles. The molecule has 3 aromatic rings. The van der Waals surface area contributed by atoms with Gasteiger partial charge in [0.15, 0.2) is 0 Å². The van der Waals surface area contributed by atoms with Crippen LogP contribution in [0.4, 0.5) is 11.6 Å². The van der Waals surface area contributed by atoms with Gasteiger partial charge in [0.25, 0.3) is 0 Å². The Morgan fingerprint density at radius 3 is 2.86 bits per heavy atom. The zero-order valence-corrected chi connectivity index (χ0v) is 16.9. The Morgan fingerprint density at radius 2 is 2.07 bits per heavy atom. The first-order valence-corrected chi connectivity index (χ1v) is 9.95. The smallest absolute Gasteiger partial charge is 0.134 e. The number of aromatic nitrogens is 4. The minimum Gasteiger partial charge on any atom is -0.325 e. The molecule has 1 saturated heterocycles. The topological polar surface area (TPSA) is 58.9 Å². The molecule has 0 amide bonds. The lowest BCUT2D eigenvalue weighted by Gasteiger charge is -2.32. The van der Waals surface area contributed by atoms with Gasteiger partial charge in [0, 0.05) is 49.2 Å². The van der Waals surface area contributed by atoms with Gasteiger partial charge in [-0.3, -0.25) is 9.58 Å². The molecule has 0 unspecified atom stereocenters. The Labute approximate surface area is 166 Å². The number of anilines is 2. The van der Waals surface area contributed by atoms with Crippen LogP contribution < -0.4 is 5.32 Å². The third-order valence-corrected chi connectivity index (χ3v) is 5.68. The number of nitrogens with zero attached hydrogens (tertiary/aromatic N) is 5. The predicted molar refractivity (Wildman–Crippen MR) is 112 cm³/mol. The second-order valence-corrected chi connectivity index (χ2v) is 7.69. The first kappa shape index (κ1) is 18.6. The molecule has 6 heteroatoms. The number of rotatable bonds is 5. The van der Waals surface area contributed by atoms with Crippen LogP contribution in [0.25, 0.3) is 0 Å². The summed E-state index contributed by atoms with van der Waals surface area (Å²) in [5.41, 5.74) is 4.84. The lowest BCUT2D eigenvalue weighted by atomic mass is 9.94.